The Labute approximate surface area is 145 Å². The van der Waals surface area contributed by atoms with E-state index in [1.54, 1.807) is 0 Å². The Morgan fingerprint density at radius 3 is 1.67 bits per heavy atom. The summed E-state index contributed by atoms with van der Waals surface area (Å²) < 4.78 is 0. The predicted molar refractivity (Wildman–Crippen MR) is 98.1 cm³/mol. The van der Waals surface area contributed by atoms with Crippen LogP contribution < -0.4 is 5.32 Å². The number of amides is 1. The third-order valence-electron chi connectivity index (χ3n) is 4.10. The number of unbranched alkanes of at least 4 members (excludes halogenated alkanes) is 9. The lowest BCUT2D eigenvalue weighted by atomic mass is 10.1. The van der Waals surface area contributed by atoms with E-state index >= 15 is 0 Å². The number of para-hydroxylation sites is 1. The first-order chi connectivity index (χ1) is 11.7. The van der Waals surface area contributed by atoms with Crippen LogP contribution in [0.25, 0.3) is 0 Å². The van der Waals surface area contributed by atoms with Crippen molar-refractivity contribution < 1.29 is 14.7 Å². The minimum Gasteiger partial charge on any atom is -0.481 e. The monoisotopic (exact) mass is 333 g/mol. The summed E-state index contributed by atoms with van der Waals surface area (Å²) in [6.45, 7) is 0. The zero-order valence-corrected chi connectivity index (χ0v) is 14.6. The summed E-state index contributed by atoms with van der Waals surface area (Å²) >= 11 is 0. The molecule has 1 aromatic rings. The van der Waals surface area contributed by atoms with Crippen molar-refractivity contribution in [3.63, 3.8) is 0 Å². The molecule has 0 radical (unpaired) electrons. The number of hydrogen-bond acceptors (Lipinski definition) is 2. The number of aliphatic carboxylic acids is 1. The van der Waals surface area contributed by atoms with Gasteiger partial charge >= 0.3 is 5.97 Å². The van der Waals surface area contributed by atoms with Crippen LogP contribution in [0.15, 0.2) is 30.3 Å². The second kappa shape index (κ2) is 13.6. The second-order valence-corrected chi connectivity index (χ2v) is 6.34. The molecule has 0 spiro atoms. The van der Waals surface area contributed by atoms with Gasteiger partial charge in [0.2, 0.25) is 5.91 Å². The molecule has 4 nitrogen and oxygen atoms in total. The van der Waals surface area contributed by atoms with Crippen molar-refractivity contribution in [2.75, 3.05) is 5.32 Å². The van der Waals surface area contributed by atoms with E-state index < -0.39 is 5.97 Å². The molecule has 1 amide bonds. The van der Waals surface area contributed by atoms with E-state index in [0.717, 1.165) is 37.8 Å². The second-order valence-electron chi connectivity index (χ2n) is 6.34. The van der Waals surface area contributed by atoms with Crippen molar-refractivity contribution in [3.8, 4) is 0 Å². The largest absolute Gasteiger partial charge is 0.481 e. The number of anilines is 1. The van der Waals surface area contributed by atoms with Crippen molar-refractivity contribution in [3.05, 3.63) is 30.3 Å². The average molecular weight is 333 g/mol. The molecule has 0 saturated carbocycles. The molecular formula is C20H31NO3. The molecule has 2 N–H and O–H groups in total. The molecule has 0 aromatic heterocycles. The molecule has 134 valence electrons. The molecule has 0 aliphatic carbocycles. The zero-order chi connectivity index (χ0) is 17.5. The first-order valence-corrected chi connectivity index (χ1v) is 9.25. The number of carbonyl (C=O) groups is 2. The molecule has 0 heterocycles. The van der Waals surface area contributed by atoms with Gasteiger partial charge in [0, 0.05) is 18.5 Å². The molecule has 0 bridgehead atoms. The maximum Gasteiger partial charge on any atom is 0.303 e. The van der Waals surface area contributed by atoms with Crippen molar-refractivity contribution in [2.45, 2.75) is 77.0 Å². The van der Waals surface area contributed by atoms with Crippen molar-refractivity contribution in [1.82, 2.24) is 0 Å². The fourth-order valence-electron chi connectivity index (χ4n) is 2.72. The Hall–Kier alpha value is -1.84. The number of nitrogens with one attached hydrogen (secondary N) is 1. The van der Waals surface area contributed by atoms with E-state index in [1.165, 1.54) is 32.1 Å². The summed E-state index contributed by atoms with van der Waals surface area (Å²) in [6.07, 6.45) is 12.1. The van der Waals surface area contributed by atoms with Gasteiger partial charge < -0.3 is 10.4 Å². The normalized spacial score (nSPS) is 10.5. The van der Waals surface area contributed by atoms with Gasteiger partial charge in [0.25, 0.3) is 0 Å². The molecule has 4 heteroatoms. The summed E-state index contributed by atoms with van der Waals surface area (Å²) in [5.74, 6) is -0.588. The van der Waals surface area contributed by atoms with Crippen LogP contribution in [0, 0.1) is 0 Å². The van der Waals surface area contributed by atoms with Crippen molar-refractivity contribution in [2.24, 2.45) is 0 Å². The number of rotatable bonds is 14. The Morgan fingerprint density at radius 1 is 0.708 bits per heavy atom. The van der Waals surface area contributed by atoms with Crippen LogP contribution in [0.4, 0.5) is 5.69 Å². The van der Waals surface area contributed by atoms with Gasteiger partial charge in [-0.25, -0.2) is 0 Å². The van der Waals surface area contributed by atoms with Crippen LogP contribution in [0.1, 0.15) is 77.0 Å². The van der Waals surface area contributed by atoms with E-state index in [9.17, 15) is 9.59 Å². The van der Waals surface area contributed by atoms with Crippen molar-refractivity contribution >= 4 is 17.6 Å². The molecule has 0 aliphatic heterocycles. The number of hydrogen-bond donors (Lipinski definition) is 2. The zero-order valence-electron chi connectivity index (χ0n) is 14.6. The molecule has 1 rings (SSSR count). The lowest BCUT2D eigenvalue weighted by molar-refractivity contribution is -0.137. The van der Waals surface area contributed by atoms with Gasteiger partial charge in [0.05, 0.1) is 0 Å². The van der Waals surface area contributed by atoms with Crippen LogP contribution >= 0.6 is 0 Å². The standard InChI is InChI=1S/C20H31NO3/c22-19(21-18-14-10-9-11-15-18)16-12-7-5-3-1-2-4-6-8-13-17-20(23)24/h9-11,14-15H,1-8,12-13,16-17H2,(H,21,22)(H,23,24). The molecule has 0 unspecified atom stereocenters. The smallest absolute Gasteiger partial charge is 0.303 e. The van der Waals surface area contributed by atoms with Gasteiger partial charge in [-0.3, -0.25) is 9.59 Å². The summed E-state index contributed by atoms with van der Waals surface area (Å²) in [5.41, 5.74) is 0.867. The van der Waals surface area contributed by atoms with E-state index in [4.69, 9.17) is 5.11 Å². The Balaban J connectivity index is 1.83. The van der Waals surface area contributed by atoms with Crippen LogP contribution in [0.2, 0.25) is 0 Å². The summed E-state index contributed by atoms with van der Waals surface area (Å²) in [5, 5.41) is 11.4. The highest BCUT2D eigenvalue weighted by Gasteiger charge is 2.01. The van der Waals surface area contributed by atoms with Gasteiger partial charge in [0.1, 0.15) is 0 Å². The summed E-state index contributed by atoms with van der Waals surface area (Å²) in [7, 11) is 0. The fraction of sp³-hybridized carbons (Fsp3) is 0.600. The first-order valence-electron chi connectivity index (χ1n) is 9.25. The lowest BCUT2D eigenvalue weighted by Crippen LogP contribution is -2.10. The Morgan fingerprint density at radius 2 is 1.17 bits per heavy atom. The number of carbonyl (C=O) groups excluding carboxylic acids is 1. The van der Waals surface area contributed by atoms with E-state index in [0.29, 0.717) is 12.8 Å². The van der Waals surface area contributed by atoms with Gasteiger partial charge in [-0.05, 0) is 25.0 Å². The van der Waals surface area contributed by atoms with E-state index in [1.807, 2.05) is 30.3 Å². The molecule has 24 heavy (non-hydrogen) atoms. The number of benzene rings is 1. The minimum atomic E-state index is -0.688. The quantitative estimate of drug-likeness (QED) is 0.448. The highest BCUT2D eigenvalue weighted by molar-refractivity contribution is 5.90. The average Bonchev–Trinajstić information content (AvgIpc) is 2.56. The van der Waals surface area contributed by atoms with Crippen molar-refractivity contribution in [1.29, 1.82) is 0 Å². The number of carboxylic acids is 1. The lowest BCUT2D eigenvalue weighted by Gasteiger charge is -2.05. The molecule has 0 aliphatic rings. The van der Waals surface area contributed by atoms with Gasteiger partial charge in [0.15, 0.2) is 0 Å². The van der Waals surface area contributed by atoms with Crippen LogP contribution in [0.3, 0.4) is 0 Å². The Kier molecular flexibility index (Phi) is 11.4. The third-order valence-corrected chi connectivity index (χ3v) is 4.10. The van der Waals surface area contributed by atoms with E-state index in [2.05, 4.69) is 5.32 Å². The molecule has 0 atom stereocenters. The summed E-state index contributed by atoms with van der Waals surface area (Å²) in [4.78, 5) is 22.1. The molecular weight excluding hydrogens is 302 g/mol. The van der Waals surface area contributed by atoms with Gasteiger partial charge in [-0.2, -0.15) is 0 Å². The maximum atomic E-state index is 11.8. The van der Waals surface area contributed by atoms with E-state index in [-0.39, 0.29) is 5.91 Å². The molecule has 0 fully saturated rings. The molecule has 0 saturated heterocycles. The van der Waals surface area contributed by atoms with Gasteiger partial charge in [-0.15, -0.1) is 0 Å². The number of carboxylic acid groups (broad SMARTS) is 1. The maximum absolute atomic E-state index is 11.8. The first kappa shape index (κ1) is 20.2. The van der Waals surface area contributed by atoms with Crippen LogP contribution in [-0.4, -0.2) is 17.0 Å². The highest BCUT2D eigenvalue weighted by Crippen LogP contribution is 2.12. The van der Waals surface area contributed by atoms with Gasteiger partial charge in [-0.1, -0.05) is 69.6 Å². The van der Waals surface area contributed by atoms with Crippen LogP contribution in [0.5, 0.6) is 0 Å². The molecule has 1 aromatic carbocycles. The minimum absolute atomic E-state index is 0.0996. The predicted octanol–water partition coefficient (Wildman–Crippen LogP) is 5.39. The topological polar surface area (TPSA) is 66.4 Å². The fourth-order valence-corrected chi connectivity index (χ4v) is 2.72. The third kappa shape index (κ3) is 11.7. The SMILES string of the molecule is O=C(O)CCCCCCCCCCCCC(=O)Nc1ccccc1. The highest BCUT2D eigenvalue weighted by atomic mass is 16.4. The summed E-state index contributed by atoms with van der Waals surface area (Å²) in [6, 6.07) is 9.58. The van der Waals surface area contributed by atoms with Crippen LogP contribution in [-0.2, 0) is 9.59 Å². The Bertz CT molecular complexity index is 459.